The number of para-hydroxylation sites is 1. The number of hydrogen-bond acceptors (Lipinski definition) is 4. The number of imidazole rings is 1. The highest BCUT2D eigenvalue weighted by Crippen LogP contribution is 2.37. The number of aromatic nitrogens is 3. The summed E-state index contributed by atoms with van der Waals surface area (Å²) in [5, 5.41) is 5.06. The van der Waals surface area contributed by atoms with Crippen LogP contribution in [0.4, 0.5) is 4.79 Å². The molecule has 0 radical (unpaired) electrons. The highest BCUT2D eigenvalue weighted by Gasteiger charge is 2.33. The molecule has 1 amide bonds. The second-order valence-electron chi connectivity index (χ2n) is 8.87. The lowest BCUT2D eigenvalue weighted by molar-refractivity contribution is 0.0991. The van der Waals surface area contributed by atoms with E-state index >= 15 is 0 Å². The van der Waals surface area contributed by atoms with Gasteiger partial charge in [-0.05, 0) is 48.9 Å². The number of amides is 1. The summed E-state index contributed by atoms with van der Waals surface area (Å²) in [5.74, 6) is 0.558. The predicted molar refractivity (Wildman–Crippen MR) is 145 cm³/mol. The molecule has 4 aromatic rings. The number of aromatic amines is 2. The van der Waals surface area contributed by atoms with Crippen LogP contribution >= 0.6 is 0 Å². The number of nitrogens with one attached hydrogen (secondary N) is 3. The van der Waals surface area contributed by atoms with Gasteiger partial charge in [0.05, 0.1) is 31.4 Å². The molecule has 36 heavy (non-hydrogen) atoms. The van der Waals surface area contributed by atoms with Crippen molar-refractivity contribution in [3.63, 3.8) is 0 Å². The van der Waals surface area contributed by atoms with Crippen LogP contribution in [0.15, 0.2) is 67.1 Å². The Morgan fingerprint density at radius 1 is 1.03 bits per heavy atom. The Morgan fingerprint density at radius 2 is 1.75 bits per heavy atom. The third kappa shape index (κ3) is 5.62. The fourth-order valence-corrected chi connectivity index (χ4v) is 5.19. The van der Waals surface area contributed by atoms with Gasteiger partial charge in [0, 0.05) is 29.7 Å². The van der Waals surface area contributed by atoms with Gasteiger partial charge in [0.1, 0.15) is 0 Å². The van der Waals surface area contributed by atoms with Crippen molar-refractivity contribution in [3.8, 4) is 11.3 Å². The number of piperidine rings is 1. The molecule has 7 nitrogen and oxygen atoms in total. The lowest BCUT2D eigenvalue weighted by atomic mass is 9.84. The van der Waals surface area contributed by atoms with Crippen LogP contribution in [-0.2, 0) is 11.2 Å². The molecule has 1 atom stereocenters. The van der Waals surface area contributed by atoms with Crippen LogP contribution in [0.1, 0.15) is 44.0 Å². The molecule has 6 rings (SSSR count). The number of fused-ring (bicyclic) bond motifs is 3. The van der Waals surface area contributed by atoms with Crippen LogP contribution in [0.5, 0.6) is 0 Å². The van der Waals surface area contributed by atoms with Crippen molar-refractivity contribution < 1.29 is 9.53 Å². The molecule has 0 saturated carbocycles. The minimum Gasteiger partial charge on any atom is -0.453 e. The molecule has 2 aromatic carbocycles. The summed E-state index contributed by atoms with van der Waals surface area (Å²) in [7, 11) is 1.45. The summed E-state index contributed by atoms with van der Waals surface area (Å²) < 4.78 is 4.83. The minimum absolute atomic E-state index is 0.202. The number of ether oxygens (including phenoxy) is 1. The zero-order valence-corrected chi connectivity index (χ0v) is 21.5. The van der Waals surface area contributed by atoms with E-state index in [9.17, 15) is 4.79 Å². The van der Waals surface area contributed by atoms with Gasteiger partial charge in [-0.2, -0.15) is 0 Å². The normalized spacial score (nSPS) is 17.3. The Kier molecular flexibility index (Phi) is 8.79. The van der Waals surface area contributed by atoms with Crippen molar-refractivity contribution >= 4 is 17.0 Å². The van der Waals surface area contributed by atoms with Crippen molar-refractivity contribution in [3.05, 3.63) is 78.4 Å². The van der Waals surface area contributed by atoms with Crippen LogP contribution in [0.25, 0.3) is 22.2 Å². The first-order valence-electron chi connectivity index (χ1n) is 12.9. The summed E-state index contributed by atoms with van der Waals surface area (Å²) in [6.07, 6.45) is 6.41. The Balaban J connectivity index is 0.000000196. The lowest BCUT2D eigenvalue weighted by Crippen LogP contribution is -2.43. The average Bonchev–Trinajstić information content (AvgIpc) is 3.63. The third-order valence-electron chi connectivity index (χ3n) is 6.92. The van der Waals surface area contributed by atoms with Gasteiger partial charge in [-0.15, -0.1) is 0 Å². The molecule has 190 valence electrons. The van der Waals surface area contributed by atoms with Gasteiger partial charge in [-0.3, -0.25) is 0 Å². The topological polar surface area (TPSA) is 86.0 Å². The number of likely N-dealkylation sites (tertiary alicyclic amines) is 1. The molecule has 1 fully saturated rings. The molecule has 1 saturated heterocycles. The Bertz CT molecular complexity index is 1210. The Hall–Kier alpha value is -3.58. The van der Waals surface area contributed by atoms with Gasteiger partial charge in [-0.25, -0.2) is 9.78 Å². The minimum atomic E-state index is -0.202. The van der Waals surface area contributed by atoms with Gasteiger partial charge >= 0.3 is 6.09 Å². The highest BCUT2D eigenvalue weighted by atomic mass is 16.5. The monoisotopic (exact) mass is 487 g/mol. The van der Waals surface area contributed by atoms with E-state index in [0.717, 1.165) is 44.6 Å². The molecule has 4 heterocycles. The number of carbonyl (C=O) groups excluding carboxylic acids is 1. The summed E-state index contributed by atoms with van der Waals surface area (Å²) in [4.78, 5) is 24.1. The number of H-pyrrole nitrogens is 2. The summed E-state index contributed by atoms with van der Waals surface area (Å²) in [5.41, 5.74) is 6.29. The molecule has 2 aliphatic heterocycles. The van der Waals surface area contributed by atoms with Crippen molar-refractivity contribution in [2.45, 2.75) is 39.2 Å². The SMILES string of the molecule is CC.COC(=O)N1CCC(C2NCCc3c2[nH]c2ccccc32)CC1.c1ccc(-c2cnc[nH]2)cc1. The fraction of sp³-hybridized carbons (Fsp3) is 0.379. The Morgan fingerprint density at radius 3 is 2.44 bits per heavy atom. The van der Waals surface area contributed by atoms with E-state index in [0.29, 0.717) is 12.0 Å². The van der Waals surface area contributed by atoms with Crippen LogP contribution in [-0.4, -0.2) is 52.7 Å². The van der Waals surface area contributed by atoms with Crippen molar-refractivity contribution in [2.75, 3.05) is 26.7 Å². The van der Waals surface area contributed by atoms with E-state index in [1.165, 1.54) is 34.8 Å². The first kappa shape index (κ1) is 25.5. The molecule has 3 N–H and O–H groups in total. The number of hydrogen-bond donors (Lipinski definition) is 3. The number of carbonyl (C=O) groups is 1. The zero-order valence-electron chi connectivity index (χ0n) is 21.5. The molecule has 1 unspecified atom stereocenters. The predicted octanol–water partition coefficient (Wildman–Crippen LogP) is 5.94. The van der Waals surface area contributed by atoms with Crippen LogP contribution in [0.3, 0.4) is 0 Å². The van der Waals surface area contributed by atoms with Crippen LogP contribution in [0, 0.1) is 5.92 Å². The Labute approximate surface area is 213 Å². The van der Waals surface area contributed by atoms with Gasteiger partial charge < -0.3 is 24.9 Å². The second kappa shape index (κ2) is 12.4. The fourth-order valence-electron chi connectivity index (χ4n) is 5.19. The van der Waals surface area contributed by atoms with E-state index in [1.807, 2.05) is 55.3 Å². The summed E-state index contributed by atoms with van der Waals surface area (Å²) >= 11 is 0. The molecule has 0 spiro atoms. The van der Waals surface area contributed by atoms with Gasteiger partial charge in [0.15, 0.2) is 0 Å². The highest BCUT2D eigenvalue weighted by molar-refractivity contribution is 5.85. The molecule has 0 aliphatic carbocycles. The number of methoxy groups -OCH3 is 1. The molecule has 2 aromatic heterocycles. The van der Waals surface area contributed by atoms with Crippen molar-refractivity contribution in [2.24, 2.45) is 5.92 Å². The number of nitrogens with zero attached hydrogens (tertiary/aromatic N) is 2. The van der Waals surface area contributed by atoms with Gasteiger partial charge in [0.25, 0.3) is 0 Å². The molecule has 7 heteroatoms. The lowest BCUT2D eigenvalue weighted by Gasteiger charge is -2.37. The van der Waals surface area contributed by atoms with Crippen molar-refractivity contribution in [1.29, 1.82) is 0 Å². The molecular weight excluding hydrogens is 450 g/mol. The first-order chi connectivity index (χ1) is 17.7. The summed E-state index contributed by atoms with van der Waals surface area (Å²) in [6, 6.07) is 19.1. The standard InChI is InChI=1S/C18H23N3O2.C9H8N2.C2H6/c1-23-18(22)21-10-7-12(8-11-21)16-17-14(6-9-19-16)13-4-2-3-5-15(13)20-17;1-2-4-8(5-3-1)9-6-10-7-11-9;1-2/h2-5,12,16,19-20H,6-11H2,1H3;1-7H,(H,10,11);1-2H3. The quantitative estimate of drug-likeness (QED) is 0.327. The van der Waals surface area contributed by atoms with Crippen molar-refractivity contribution in [1.82, 2.24) is 25.2 Å². The smallest absolute Gasteiger partial charge is 0.409 e. The van der Waals surface area contributed by atoms with E-state index in [1.54, 1.807) is 6.33 Å². The largest absolute Gasteiger partial charge is 0.453 e. The number of benzene rings is 2. The maximum absolute atomic E-state index is 11.6. The number of rotatable bonds is 2. The van der Waals surface area contributed by atoms with E-state index < -0.39 is 0 Å². The molecular formula is C29H37N5O2. The van der Waals surface area contributed by atoms with Crippen LogP contribution < -0.4 is 5.32 Å². The third-order valence-corrected chi connectivity index (χ3v) is 6.92. The maximum Gasteiger partial charge on any atom is 0.409 e. The summed E-state index contributed by atoms with van der Waals surface area (Å²) in [6.45, 7) is 6.59. The molecule has 2 aliphatic rings. The van der Waals surface area contributed by atoms with E-state index in [4.69, 9.17) is 4.74 Å². The molecule has 0 bridgehead atoms. The van der Waals surface area contributed by atoms with Gasteiger partial charge in [-0.1, -0.05) is 62.4 Å². The second-order valence-corrected chi connectivity index (χ2v) is 8.87. The first-order valence-corrected chi connectivity index (χ1v) is 12.9. The average molecular weight is 488 g/mol. The van der Waals surface area contributed by atoms with E-state index in [-0.39, 0.29) is 6.09 Å². The van der Waals surface area contributed by atoms with Gasteiger partial charge in [0.2, 0.25) is 0 Å². The maximum atomic E-state index is 11.6. The zero-order chi connectivity index (χ0) is 25.3. The van der Waals surface area contributed by atoms with E-state index in [2.05, 4.69) is 44.5 Å². The van der Waals surface area contributed by atoms with Crippen LogP contribution in [0.2, 0.25) is 0 Å².